The lowest BCUT2D eigenvalue weighted by Gasteiger charge is -2.01. The van der Waals surface area contributed by atoms with Crippen LogP contribution in [0.25, 0.3) is 0 Å². The van der Waals surface area contributed by atoms with Gasteiger partial charge in [-0.05, 0) is 11.1 Å². The molecule has 0 fully saturated rings. The monoisotopic (exact) mass is 294 g/mol. The number of aliphatic hydroxyl groups excluding tert-OH is 1. The Morgan fingerprint density at radius 1 is 1.20 bits per heavy atom. The number of nitrogens with zero attached hydrogens (tertiary/aromatic N) is 2. The van der Waals surface area contributed by atoms with E-state index in [-0.39, 0.29) is 18.3 Å². The summed E-state index contributed by atoms with van der Waals surface area (Å²) < 4.78 is 17.1. The number of aliphatic hydroxyl groups is 1. The van der Waals surface area contributed by atoms with Crippen LogP contribution < -0.4 is 0 Å². The third-order valence-corrected chi connectivity index (χ3v) is 4.04. The van der Waals surface area contributed by atoms with Crippen molar-refractivity contribution in [1.82, 2.24) is 10.1 Å². The van der Waals surface area contributed by atoms with Gasteiger partial charge < -0.3 is 9.63 Å². The first kappa shape index (κ1) is 14.9. The van der Waals surface area contributed by atoms with Crippen molar-refractivity contribution in [2.24, 2.45) is 0 Å². The molecular formula is C14H18N2O3S. The summed E-state index contributed by atoms with van der Waals surface area (Å²) >= 11 is 0. The number of hydrogen-bond donors (Lipinski definition) is 1. The van der Waals surface area contributed by atoms with Crippen LogP contribution in [-0.4, -0.2) is 19.5 Å². The molecule has 0 radical (unpaired) electrons. The average Bonchev–Trinajstić information content (AvgIpc) is 2.88. The fourth-order valence-electron chi connectivity index (χ4n) is 1.68. The molecule has 0 aliphatic carbocycles. The summed E-state index contributed by atoms with van der Waals surface area (Å²) in [5.74, 6) is 1.97. The van der Waals surface area contributed by atoms with Gasteiger partial charge in [-0.1, -0.05) is 43.3 Å². The van der Waals surface area contributed by atoms with Gasteiger partial charge in [-0.3, -0.25) is 4.21 Å². The summed E-state index contributed by atoms with van der Waals surface area (Å²) in [5, 5.41) is 12.8. The Kier molecular flexibility index (Phi) is 5.03. The normalized spacial score (nSPS) is 12.8. The van der Waals surface area contributed by atoms with Gasteiger partial charge in [-0.15, -0.1) is 0 Å². The van der Waals surface area contributed by atoms with Crippen molar-refractivity contribution in [2.45, 2.75) is 37.9 Å². The molecule has 1 atom stereocenters. The molecule has 1 heterocycles. The van der Waals surface area contributed by atoms with Crippen LogP contribution >= 0.6 is 0 Å². The Hall–Kier alpha value is -1.53. The van der Waals surface area contributed by atoms with E-state index in [0.29, 0.717) is 17.5 Å². The first-order valence-corrected chi connectivity index (χ1v) is 7.93. The third-order valence-electron chi connectivity index (χ3n) is 2.80. The second kappa shape index (κ2) is 6.76. The summed E-state index contributed by atoms with van der Waals surface area (Å²) in [6.45, 7) is 3.96. The van der Waals surface area contributed by atoms with Gasteiger partial charge in [0.2, 0.25) is 5.89 Å². The molecule has 20 heavy (non-hydrogen) atoms. The van der Waals surface area contributed by atoms with Crippen molar-refractivity contribution in [3.63, 3.8) is 0 Å². The van der Waals surface area contributed by atoms with Gasteiger partial charge in [0.25, 0.3) is 0 Å². The van der Waals surface area contributed by atoms with E-state index in [1.165, 1.54) is 0 Å². The average molecular weight is 294 g/mol. The molecule has 1 N–H and O–H groups in total. The molecule has 0 saturated carbocycles. The Labute approximate surface area is 120 Å². The largest absolute Gasteiger partial charge is 0.392 e. The zero-order valence-corrected chi connectivity index (χ0v) is 12.4. The Bertz CT molecular complexity index is 578. The highest BCUT2D eigenvalue weighted by Crippen LogP contribution is 2.13. The molecule has 2 rings (SSSR count). The fourth-order valence-corrected chi connectivity index (χ4v) is 2.75. The summed E-state index contributed by atoms with van der Waals surface area (Å²) in [5.41, 5.74) is 1.81. The molecule has 1 unspecified atom stereocenters. The van der Waals surface area contributed by atoms with Gasteiger partial charge >= 0.3 is 0 Å². The number of rotatable bonds is 6. The van der Waals surface area contributed by atoms with Crippen molar-refractivity contribution >= 4 is 10.8 Å². The molecule has 0 saturated heterocycles. The summed E-state index contributed by atoms with van der Waals surface area (Å²) in [7, 11) is -1.08. The molecule has 6 heteroatoms. The molecule has 1 aromatic heterocycles. The molecule has 0 aliphatic heterocycles. The van der Waals surface area contributed by atoms with E-state index in [1.54, 1.807) is 0 Å². The highest BCUT2D eigenvalue weighted by molar-refractivity contribution is 7.83. The zero-order valence-electron chi connectivity index (χ0n) is 11.6. The minimum Gasteiger partial charge on any atom is -0.392 e. The first-order chi connectivity index (χ1) is 9.58. The van der Waals surface area contributed by atoms with Crippen LogP contribution in [0.5, 0.6) is 0 Å². The van der Waals surface area contributed by atoms with Crippen molar-refractivity contribution in [1.29, 1.82) is 0 Å². The number of hydrogen-bond acceptors (Lipinski definition) is 5. The lowest BCUT2D eigenvalue weighted by atomic mass is 10.2. The zero-order chi connectivity index (χ0) is 14.5. The minimum absolute atomic E-state index is 0.0181. The van der Waals surface area contributed by atoms with E-state index in [9.17, 15) is 4.21 Å². The second-order valence-corrected chi connectivity index (χ2v) is 6.36. The molecule has 0 spiro atoms. The maximum Gasteiger partial charge on any atom is 0.229 e. The van der Waals surface area contributed by atoms with E-state index in [2.05, 4.69) is 10.1 Å². The predicted octanol–water partition coefficient (Wildman–Crippen LogP) is 2.13. The standard InChI is InChI=1S/C14H18N2O3S/c1-10(2)14-15-13(16-19-14)9-20(18)8-12-5-3-11(7-17)4-6-12/h3-6,10,17H,7-9H2,1-2H3. The van der Waals surface area contributed by atoms with Crippen molar-refractivity contribution in [3.8, 4) is 0 Å². The SMILES string of the molecule is CC(C)c1nc(CS(=O)Cc2ccc(CO)cc2)no1. The maximum atomic E-state index is 12.1. The van der Waals surface area contributed by atoms with E-state index in [1.807, 2.05) is 38.1 Å². The quantitative estimate of drug-likeness (QED) is 0.883. The molecule has 108 valence electrons. The van der Waals surface area contributed by atoms with Crippen LogP contribution in [0.3, 0.4) is 0 Å². The molecule has 0 bridgehead atoms. The first-order valence-electron chi connectivity index (χ1n) is 6.44. The fraction of sp³-hybridized carbons (Fsp3) is 0.429. The molecular weight excluding hydrogens is 276 g/mol. The van der Waals surface area contributed by atoms with Crippen molar-refractivity contribution in [2.75, 3.05) is 0 Å². The Morgan fingerprint density at radius 2 is 1.85 bits per heavy atom. The van der Waals surface area contributed by atoms with Gasteiger partial charge in [-0.2, -0.15) is 4.98 Å². The van der Waals surface area contributed by atoms with E-state index in [4.69, 9.17) is 9.63 Å². The smallest absolute Gasteiger partial charge is 0.229 e. The van der Waals surface area contributed by atoms with Gasteiger partial charge in [0, 0.05) is 22.5 Å². The predicted molar refractivity (Wildman–Crippen MR) is 76.3 cm³/mol. The van der Waals surface area contributed by atoms with E-state index < -0.39 is 10.8 Å². The van der Waals surface area contributed by atoms with Crippen LogP contribution in [0.15, 0.2) is 28.8 Å². The van der Waals surface area contributed by atoms with Crippen molar-refractivity contribution in [3.05, 3.63) is 47.1 Å². The molecule has 0 amide bonds. The lowest BCUT2D eigenvalue weighted by Crippen LogP contribution is -2.01. The van der Waals surface area contributed by atoms with Crippen LogP contribution in [0.4, 0.5) is 0 Å². The second-order valence-electron chi connectivity index (χ2n) is 4.91. The van der Waals surface area contributed by atoms with Crippen LogP contribution in [0, 0.1) is 0 Å². The van der Waals surface area contributed by atoms with Gasteiger partial charge in [0.15, 0.2) is 5.82 Å². The minimum atomic E-state index is -1.08. The third kappa shape index (κ3) is 3.98. The molecule has 5 nitrogen and oxygen atoms in total. The molecule has 2 aromatic rings. The Balaban J connectivity index is 1.93. The number of benzene rings is 1. The van der Waals surface area contributed by atoms with Crippen molar-refractivity contribution < 1.29 is 13.8 Å². The van der Waals surface area contributed by atoms with E-state index in [0.717, 1.165) is 11.1 Å². The molecule has 0 aliphatic rings. The van der Waals surface area contributed by atoms with E-state index >= 15 is 0 Å². The van der Waals surface area contributed by atoms with Crippen LogP contribution in [0.1, 0.15) is 42.6 Å². The summed E-state index contributed by atoms with van der Waals surface area (Å²) in [6.07, 6.45) is 0. The number of aromatic nitrogens is 2. The topological polar surface area (TPSA) is 76.2 Å². The van der Waals surface area contributed by atoms with Gasteiger partial charge in [0.1, 0.15) is 0 Å². The van der Waals surface area contributed by atoms with Crippen LogP contribution in [-0.2, 0) is 28.9 Å². The Morgan fingerprint density at radius 3 is 2.40 bits per heavy atom. The highest BCUT2D eigenvalue weighted by atomic mass is 32.2. The van der Waals surface area contributed by atoms with Crippen LogP contribution in [0.2, 0.25) is 0 Å². The van der Waals surface area contributed by atoms with Gasteiger partial charge in [0.05, 0.1) is 12.4 Å². The van der Waals surface area contributed by atoms with Gasteiger partial charge in [-0.25, -0.2) is 0 Å². The summed E-state index contributed by atoms with van der Waals surface area (Å²) in [4.78, 5) is 4.21. The summed E-state index contributed by atoms with van der Waals surface area (Å²) in [6, 6.07) is 7.41. The lowest BCUT2D eigenvalue weighted by molar-refractivity contribution is 0.282. The maximum absolute atomic E-state index is 12.1. The molecule has 1 aromatic carbocycles. The highest BCUT2D eigenvalue weighted by Gasteiger charge is 2.12.